The Morgan fingerprint density at radius 3 is 2.65 bits per heavy atom. The van der Waals surface area contributed by atoms with Crippen molar-refractivity contribution >= 4 is 6.03 Å². The molecule has 1 aliphatic heterocycles. The molecule has 0 spiro atoms. The first-order valence-corrected chi connectivity index (χ1v) is 6.56. The van der Waals surface area contributed by atoms with Gasteiger partial charge in [0, 0.05) is 25.7 Å². The maximum absolute atomic E-state index is 11.0. The molecule has 1 fully saturated rings. The van der Waals surface area contributed by atoms with Gasteiger partial charge < -0.3 is 21.1 Å². The number of hydrogen-bond acceptors (Lipinski definition) is 3. The Labute approximate surface area is 103 Å². The fourth-order valence-corrected chi connectivity index (χ4v) is 2.27. The second-order valence-electron chi connectivity index (χ2n) is 4.79. The number of amides is 2. The molecule has 2 amide bonds. The van der Waals surface area contributed by atoms with E-state index < -0.39 is 0 Å². The number of nitrogens with zero attached hydrogens (tertiary/aromatic N) is 1. The Kier molecular flexibility index (Phi) is 6.29. The van der Waals surface area contributed by atoms with Gasteiger partial charge in [-0.1, -0.05) is 13.3 Å². The van der Waals surface area contributed by atoms with Crippen molar-refractivity contribution in [2.75, 3.05) is 26.2 Å². The van der Waals surface area contributed by atoms with Gasteiger partial charge in [0.1, 0.15) is 0 Å². The molecule has 0 aromatic heterocycles. The molecule has 17 heavy (non-hydrogen) atoms. The van der Waals surface area contributed by atoms with Crippen LogP contribution in [0.5, 0.6) is 0 Å². The van der Waals surface area contributed by atoms with Crippen molar-refractivity contribution in [1.82, 2.24) is 10.2 Å². The standard InChI is InChI=1S/C12H25N3O2/c1-2-10(5-8-16)9-14-11-3-6-15(7-4-11)12(13)17/h10-11,14,16H,2-9H2,1H3,(H2,13,17). The average molecular weight is 243 g/mol. The number of hydrogen-bond donors (Lipinski definition) is 3. The summed E-state index contributed by atoms with van der Waals surface area (Å²) < 4.78 is 0. The highest BCUT2D eigenvalue weighted by Crippen LogP contribution is 2.12. The Morgan fingerprint density at radius 2 is 2.18 bits per heavy atom. The van der Waals surface area contributed by atoms with E-state index in [1.165, 1.54) is 0 Å². The fourth-order valence-electron chi connectivity index (χ4n) is 2.27. The van der Waals surface area contributed by atoms with Crippen molar-refractivity contribution in [3.63, 3.8) is 0 Å². The van der Waals surface area contributed by atoms with Gasteiger partial charge in [-0.3, -0.25) is 0 Å². The summed E-state index contributed by atoms with van der Waals surface area (Å²) in [6, 6.07) is 0.175. The summed E-state index contributed by atoms with van der Waals surface area (Å²) in [5.41, 5.74) is 5.23. The van der Waals surface area contributed by atoms with Gasteiger partial charge in [0.2, 0.25) is 0 Å². The number of carbonyl (C=O) groups is 1. The zero-order chi connectivity index (χ0) is 12.7. The molecule has 1 heterocycles. The van der Waals surface area contributed by atoms with Crippen molar-refractivity contribution in [3.05, 3.63) is 0 Å². The molecule has 0 aromatic carbocycles. The normalized spacial score (nSPS) is 19.3. The molecule has 0 radical (unpaired) electrons. The van der Waals surface area contributed by atoms with Crippen LogP contribution in [0, 0.1) is 5.92 Å². The van der Waals surface area contributed by atoms with Crippen LogP contribution < -0.4 is 11.1 Å². The Morgan fingerprint density at radius 1 is 1.53 bits per heavy atom. The Hall–Kier alpha value is -0.810. The third-order valence-electron chi connectivity index (χ3n) is 3.62. The topological polar surface area (TPSA) is 78.6 Å². The van der Waals surface area contributed by atoms with E-state index in [1.54, 1.807) is 4.90 Å². The van der Waals surface area contributed by atoms with Crippen LogP contribution in [0.15, 0.2) is 0 Å². The molecule has 0 aliphatic carbocycles. The average Bonchev–Trinajstić information content (AvgIpc) is 2.35. The minimum atomic E-state index is -0.310. The highest BCUT2D eigenvalue weighted by Gasteiger charge is 2.21. The number of aliphatic hydroxyl groups excluding tert-OH is 1. The van der Waals surface area contributed by atoms with Crippen LogP contribution in [0.3, 0.4) is 0 Å². The Balaban J connectivity index is 2.19. The molecule has 4 N–H and O–H groups in total. The van der Waals surface area contributed by atoms with Gasteiger partial charge in [0.05, 0.1) is 0 Å². The summed E-state index contributed by atoms with van der Waals surface area (Å²) in [5, 5.41) is 12.4. The van der Waals surface area contributed by atoms with E-state index in [9.17, 15) is 4.79 Å². The van der Waals surface area contributed by atoms with Crippen LogP contribution in [0.1, 0.15) is 32.6 Å². The van der Waals surface area contributed by atoms with Crippen molar-refractivity contribution in [1.29, 1.82) is 0 Å². The molecule has 1 rings (SSSR count). The van der Waals surface area contributed by atoms with Gasteiger partial charge >= 0.3 is 6.03 Å². The van der Waals surface area contributed by atoms with Gasteiger partial charge in [-0.15, -0.1) is 0 Å². The minimum absolute atomic E-state index is 0.264. The van der Waals surface area contributed by atoms with Crippen molar-refractivity contribution in [3.8, 4) is 0 Å². The van der Waals surface area contributed by atoms with E-state index in [4.69, 9.17) is 10.8 Å². The van der Waals surface area contributed by atoms with Crippen molar-refractivity contribution in [2.24, 2.45) is 11.7 Å². The summed E-state index contributed by atoms with van der Waals surface area (Å²) in [5.74, 6) is 0.550. The molecule has 5 heteroatoms. The molecule has 100 valence electrons. The number of nitrogens with one attached hydrogen (secondary N) is 1. The first-order valence-electron chi connectivity index (χ1n) is 6.56. The fraction of sp³-hybridized carbons (Fsp3) is 0.917. The second-order valence-corrected chi connectivity index (χ2v) is 4.79. The van der Waals surface area contributed by atoms with Gasteiger partial charge in [-0.05, 0) is 31.7 Å². The lowest BCUT2D eigenvalue weighted by Crippen LogP contribution is -2.47. The van der Waals surface area contributed by atoms with Crippen LogP contribution in [0.25, 0.3) is 0 Å². The molecular weight excluding hydrogens is 218 g/mol. The highest BCUT2D eigenvalue weighted by atomic mass is 16.3. The molecule has 1 atom stereocenters. The predicted molar refractivity (Wildman–Crippen MR) is 67.7 cm³/mol. The number of rotatable bonds is 6. The van der Waals surface area contributed by atoms with E-state index in [-0.39, 0.29) is 12.6 Å². The lowest BCUT2D eigenvalue weighted by Gasteiger charge is -2.32. The number of piperidine rings is 1. The van der Waals surface area contributed by atoms with Crippen LogP contribution in [0.2, 0.25) is 0 Å². The van der Waals surface area contributed by atoms with E-state index in [2.05, 4.69) is 12.2 Å². The third-order valence-corrected chi connectivity index (χ3v) is 3.62. The molecule has 0 bridgehead atoms. The van der Waals surface area contributed by atoms with Crippen LogP contribution in [-0.2, 0) is 0 Å². The largest absolute Gasteiger partial charge is 0.396 e. The van der Waals surface area contributed by atoms with E-state index in [1.807, 2.05) is 0 Å². The number of nitrogens with two attached hydrogens (primary N) is 1. The zero-order valence-corrected chi connectivity index (χ0v) is 10.7. The first kappa shape index (κ1) is 14.3. The van der Waals surface area contributed by atoms with Crippen LogP contribution in [-0.4, -0.2) is 48.3 Å². The van der Waals surface area contributed by atoms with Gasteiger partial charge in [-0.25, -0.2) is 4.79 Å². The quantitative estimate of drug-likeness (QED) is 0.636. The lowest BCUT2D eigenvalue weighted by molar-refractivity contribution is 0.182. The first-order chi connectivity index (χ1) is 8.17. The summed E-state index contributed by atoms with van der Waals surface area (Å²) in [7, 11) is 0. The number of primary amides is 1. The van der Waals surface area contributed by atoms with Gasteiger partial charge in [0.15, 0.2) is 0 Å². The summed E-state index contributed by atoms with van der Waals surface area (Å²) in [6.07, 6.45) is 3.90. The van der Waals surface area contributed by atoms with Gasteiger partial charge in [-0.2, -0.15) is 0 Å². The third kappa shape index (κ3) is 4.91. The van der Waals surface area contributed by atoms with E-state index >= 15 is 0 Å². The maximum Gasteiger partial charge on any atom is 0.314 e. The van der Waals surface area contributed by atoms with Crippen LogP contribution >= 0.6 is 0 Å². The second kappa shape index (κ2) is 7.50. The molecular formula is C12H25N3O2. The molecule has 1 aliphatic rings. The van der Waals surface area contributed by atoms with Gasteiger partial charge in [0.25, 0.3) is 0 Å². The molecule has 0 saturated carbocycles. The molecule has 5 nitrogen and oxygen atoms in total. The highest BCUT2D eigenvalue weighted by molar-refractivity contribution is 5.72. The number of aliphatic hydroxyl groups is 1. The van der Waals surface area contributed by atoms with E-state index in [0.717, 1.165) is 45.3 Å². The van der Waals surface area contributed by atoms with E-state index in [0.29, 0.717) is 12.0 Å². The minimum Gasteiger partial charge on any atom is -0.396 e. The predicted octanol–water partition coefficient (Wildman–Crippen LogP) is 0.528. The van der Waals surface area contributed by atoms with Crippen molar-refractivity contribution < 1.29 is 9.90 Å². The number of urea groups is 1. The Bertz CT molecular complexity index is 228. The van der Waals surface area contributed by atoms with Crippen LogP contribution in [0.4, 0.5) is 4.79 Å². The number of likely N-dealkylation sites (tertiary alicyclic amines) is 1. The number of carbonyl (C=O) groups excluding carboxylic acids is 1. The maximum atomic E-state index is 11.0. The molecule has 1 unspecified atom stereocenters. The monoisotopic (exact) mass is 243 g/mol. The lowest BCUT2D eigenvalue weighted by atomic mass is 10.0. The SMILES string of the molecule is CCC(CCO)CNC1CCN(C(N)=O)CC1. The summed E-state index contributed by atoms with van der Waals surface area (Å²) in [6.45, 7) is 4.88. The smallest absolute Gasteiger partial charge is 0.314 e. The summed E-state index contributed by atoms with van der Waals surface area (Å²) >= 11 is 0. The molecule has 1 saturated heterocycles. The zero-order valence-electron chi connectivity index (χ0n) is 10.7. The van der Waals surface area contributed by atoms with Crippen molar-refractivity contribution in [2.45, 2.75) is 38.6 Å². The summed E-state index contributed by atoms with van der Waals surface area (Å²) in [4.78, 5) is 12.7. The molecule has 0 aromatic rings.